The van der Waals surface area contributed by atoms with Gasteiger partial charge in [-0.3, -0.25) is 10.1 Å². The van der Waals surface area contributed by atoms with Gasteiger partial charge in [0.15, 0.2) is 5.82 Å². The summed E-state index contributed by atoms with van der Waals surface area (Å²) in [5.74, 6) is -0.699. The van der Waals surface area contributed by atoms with Gasteiger partial charge in [0, 0.05) is 12.6 Å². The summed E-state index contributed by atoms with van der Waals surface area (Å²) in [5, 5.41) is 23.2. The second-order valence-corrected chi connectivity index (χ2v) is 4.79. The van der Waals surface area contributed by atoms with Crippen LogP contribution >= 0.6 is 0 Å². The van der Waals surface area contributed by atoms with Gasteiger partial charge in [-0.2, -0.15) is 0 Å². The van der Waals surface area contributed by atoms with Crippen LogP contribution in [0.25, 0.3) is 0 Å². The zero-order chi connectivity index (χ0) is 13.9. The Balaban J connectivity index is 2.78. The van der Waals surface area contributed by atoms with Crippen LogP contribution in [0.5, 0.6) is 0 Å². The standard InChI is InChI=1S/C12H17FN2O3/c1-8(2)12(3,16)7-14-11-5-4-9(15(17)18)6-10(11)13/h4-6,8,14,16H,7H2,1-3H3. The summed E-state index contributed by atoms with van der Waals surface area (Å²) in [5.41, 5.74) is -1.14. The van der Waals surface area contributed by atoms with Gasteiger partial charge in [0.2, 0.25) is 0 Å². The van der Waals surface area contributed by atoms with Gasteiger partial charge in [-0.05, 0) is 18.9 Å². The van der Waals surface area contributed by atoms with Crippen molar-refractivity contribution in [1.82, 2.24) is 0 Å². The largest absolute Gasteiger partial charge is 0.388 e. The molecule has 0 aliphatic heterocycles. The highest BCUT2D eigenvalue weighted by Gasteiger charge is 2.25. The number of nitro groups is 1. The van der Waals surface area contributed by atoms with E-state index in [-0.39, 0.29) is 23.8 Å². The molecule has 0 aromatic heterocycles. The van der Waals surface area contributed by atoms with Gasteiger partial charge in [0.1, 0.15) is 0 Å². The van der Waals surface area contributed by atoms with E-state index in [9.17, 15) is 19.6 Å². The topological polar surface area (TPSA) is 75.4 Å². The molecule has 0 aliphatic carbocycles. The second kappa shape index (κ2) is 5.30. The third-order valence-corrected chi connectivity index (χ3v) is 3.04. The smallest absolute Gasteiger partial charge is 0.272 e. The maximum Gasteiger partial charge on any atom is 0.272 e. The predicted molar refractivity (Wildman–Crippen MR) is 67.0 cm³/mol. The molecule has 0 radical (unpaired) electrons. The maximum atomic E-state index is 13.5. The molecule has 0 fully saturated rings. The highest BCUT2D eigenvalue weighted by Crippen LogP contribution is 2.22. The lowest BCUT2D eigenvalue weighted by Gasteiger charge is -2.28. The molecule has 0 spiro atoms. The number of rotatable bonds is 5. The van der Waals surface area contributed by atoms with Crippen LogP contribution in [-0.2, 0) is 0 Å². The van der Waals surface area contributed by atoms with Crippen molar-refractivity contribution in [3.05, 3.63) is 34.1 Å². The fraction of sp³-hybridized carbons (Fsp3) is 0.500. The molecule has 0 aliphatic rings. The van der Waals surface area contributed by atoms with Crippen LogP contribution < -0.4 is 5.32 Å². The Labute approximate surface area is 105 Å². The molecule has 1 aromatic rings. The summed E-state index contributed by atoms with van der Waals surface area (Å²) in [7, 11) is 0. The van der Waals surface area contributed by atoms with E-state index in [2.05, 4.69) is 5.32 Å². The van der Waals surface area contributed by atoms with Crippen molar-refractivity contribution < 1.29 is 14.4 Å². The lowest BCUT2D eigenvalue weighted by molar-refractivity contribution is -0.385. The highest BCUT2D eigenvalue weighted by atomic mass is 19.1. The summed E-state index contributed by atoms with van der Waals surface area (Å²) in [6, 6.07) is 3.37. The third kappa shape index (κ3) is 3.40. The van der Waals surface area contributed by atoms with E-state index in [0.29, 0.717) is 0 Å². The number of hydrogen-bond donors (Lipinski definition) is 2. The molecule has 1 unspecified atom stereocenters. The van der Waals surface area contributed by atoms with Crippen molar-refractivity contribution in [3.8, 4) is 0 Å². The highest BCUT2D eigenvalue weighted by molar-refractivity contribution is 5.50. The molecule has 0 saturated heterocycles. The number of nitro benzene ring substituents is 1. The Morgan fingerprint density at radius 3 is 2.61 bits per heavy atom. The minimum Gasteiger partial charge on any atom is -0.388 e. The van der Waals surface area contributed by atoms with Gasteiger partial charge >= 0.3 is 0 Å². The normalized spacial score (nSPS) is 14.3. The molecular weight excluding hydrogens is 239 g/mol. The number of hydrogen-bond acceptors (Lipinski definition) is 4. The van der Waals surface area contributed by atoms with Gasteiger partial charge < -0.3 is 10.4 Å². The maximum absolute atomic E-state index is 13.5. The molecule has 2 N–H and O–H groups in total. The molecule has 1 aromatic carbocycles. The number of nitrogens with zero attached hydrogens (tertiary/aromatic N) is 1. The number of anilines is 1. The number of non-ortho nitro benzene ring substituents is 1. The quantitative estimate of drug-likeness (QED) is 0.627. The predicted octanol–water partition coefficient (Wildman–Crippen LogP) is 2.55. The summed E-state index contributed by atoms with van der Waals surface area (Å²) < 4.78 is 13.5. The zero-order valence-electron chi connectivity index (χ0n) is 10.6. The van der Waals surface area contributed by atoms with Gasteiger partial charge in [-0.25, -0.2) is 4.39 Å². The fourth-order valence-corrected chi connectivity index (χ4v) is 1.24. The number of halogens is 1. The number of benzene rings is 1. The first-order valence-electron chi connectivity index (χ1n) is 5.64. The average Bonchev–Trinajstić information content (AvgIpc) is 2.26. The molecule has 1 atom stereocenters. The van der Waals surface area contributed by atoms with E-state index < -0.39 is 16.3 Å². The molecule has 0 amide bonds. The van der Waals surface area contributed by atoms with Gasteiger partial charge in [-0.15, -0.1) is 0 Å². The molecule has 18 heavy (non-hydrogen) atoms. The van der Waals surface area contributed by atoms with Crippen LogP contribution in [0.1, 0.15) is 20.8 Å². The molecular formula is C12H17FN2O3. The molecule has 5 nitrogen and oxygen atoms in total. The summed E-state index contributed by atoms with van der Waals surface area (Å²) in [6.45, 7) is 5.52. The minimum atomic E-state index is -0.978. The lowest BCUT2D eigenvalue weighted by atomic mass is 9.92. The molecule has 1 rings (SSSR count). The lowest BCUT2D eigenvalue weighted by Crippen LogP contribution is -2.38. The van der Waals surface area contributed by atoms with Gasteiger partial charge in [-0.1, -0.05) is 13.8 Å². The van der Waals surface area contributed by atoms with Crippen molar-refractivity contribution in [2.75, 3.05) is 11.9 Å². The third-order valence-electron chi connectivity index (χ3n) is 3.04. The summed E-state index contributed by atoms with van der Waals surface area (Å²) >= 11 is 0. The first-order valence-corrected chi connectivity index (χ1v) is 5.64. The van der Waals surface area contributed by atoms with E-state index >= 15 is 0 Å². The van der Waals surface area contributed by atoms with Crippen molar-refractivity contribution in [2.45, 2.75) is 26.4 Å². The molecule has 0 heterocycles. The first kappa shape index (κ1) is 14.4. The minimum absolute atomic E-state index is 0.00566. The fourth-order valence-electron chi connectivity index (χ4n) is 1.24. The number of aliphatic hydroxyl groups is 1. The van der Waals surface area contributed by atoms with Crippen LogP contribution in [0.3, 0.4) is 0 Å². The van der Waals surface area contributed by atoms with Crippen molar-refractivity contribution >= 4 is 11.4 Å². The number of nitrogens with one attached hydrogen (secondary N) is 1. The average molecular weight is 256 g/mol. The Hall–Kier alpha value is -1.69. The first-order chi connectivity index (χ1) is 8.24. The molecule has 100 valence electrons. The van der Waals surface area contributed by atoms with Crippen molar-refractivity contribution in [3.63, 3.8) is 0 Å². The zero-order valence-corrected chi connectivity index (χ0v) is 10.6. The van der Waals surface area contributed by atoms with Crippen LogP contribution in [0.4, 0.5) is 15.8 Å². The van der Waals surface area contributed by atoms with Crippen LogP contribution in [0.2, 0.25) is 0 Å². The van der Waals surface area contributed by atoms with Crippen LogP contribution in [-0.4, -0.2) is 22.2 Å². The summed E-state index contributed by atoms with van der Waals surface area (Å²) in [6.07, 6.45) is 0. The van der Waals surface area contributed by atoms with Crippen molar-refractivity contribution in [1.29, 1.82) is 0 Å². The van der Waals surface area contributed by atoms with Crippen LogP contribution in [0.15, 0.2) is 18.2 Å². The second-order valence-electron chi connectivity index (χ2n) is 4.79. The Morgan fingerprint density at radius 2 is 2.17 bits per heavy atom. The van der Waals surface area contributed by atoms with Crippen molar-refractivity contribution in [2.24, 2.45) is 5.92 Å². The Kier molecular flexibility index (Phi) is 4.24. The van der Waals surface area contributed by atoms with E-state index in [1.807, 2.05) is 13.8 Å². The Morgan fingerprint density at radius 1 is 1.56 bits per heavy atom. The monoisotopic (exact) mass is 256 g/mol. The van der Waals surface area contributed by atoms with Gasteiger partial charge in [0.25, 0.3) is 5.69 Å². The molecule has 0 saturated carbocycles. The molecule has 6 heteroatoms. The van der Waals surface area contributed by atoms with E-state index in [4.69, 9.17) is 0 Å². The van der Waals surface area contributed by atoms with Gasteiger partial charge in [0.05, 0.1) is 22.3 Å². The Bertz CT molecular complexity index is 447. The SMILES string of the molecule is CC(C)C(C)(O)CNc1ccc([N+](=O)[O-])cc1F. The van der Waals surface area contributed by atoms with Crippen LogP contribution in [0, 0.1) is 21.8 Å². The van der Waals surface area contributed by atoms with E-state index in [1.54, 1.807) is 6.92 Å². The van der Waals surface area contributed by atoms with E-state index in [1.165, 1.54) is 12.1 Å². The van der Waals surface area contributed by atoms with E-state index in [0.717, 1.165) is 6.07 Å². The molecule has 0 bridgehead atoms. The summed E-state index contributed by atoms with van der Waals surface area (Å²) in [4.78, 5) is 9.79.